The van der Waals surface area contributed by atoms with Crippen LogP contribution in [0.5, 0.6) is 0 Å². The Morgan fingerprint density at radius 2 is 1.72 bits per heavy atom. The number of hydrogen-bond donors (Lipinski definition) is 0. The van der Waals surface area contributed by atoms with Crippen molar-refractivity contribution in [1.29, 1.82) is 0 Å². The van der Waals surface area contributed by atoms with Gasteiger partial charge in [-0.3, -0.25) is 9.58 Å². The normalized spacial score (nSPS) is 35.6. The monoisotopic (exact) mass is 574 g/mol. The summed E-state index contributed by atoms with van der Waals surface area (Å²) in [5.74, 6) is -0.517. The first kappa shape index (κ1) is 29.3. The van der Waals surface area contributed by atoms with Gasteiger partial charge in [0.15, 0.2) is 0 Å². The number of sulfonamides is 1. The molecule has 39 heavy (non-hydrogen) atoms. The summed E-state index contributed by atoms with van der Waals surface area (Å²) in [6.07, 6.45) is 4.32. The molecule has 7 nitrogen and oxygen atoms in total. The summed E-state index contributed by atoms with van der Waals surface area (Å²) in [6, 6.07) is 0.275. The molecule has 5 atom stereocenters. The predicted molar refractivity (Wildman–Crippen MR) is 144 cm³/mol. The maximum atomic E-state index is 13.9. The van der Waals surface area contributed by atoms with Gasteiger partial charge in [-0.2, -0.15) is 18.3 Å². The first-order valence-corrected chi connectivity index (χ1v) is 16.3. The molecule has 0 spiro atoms. The lowest BCUT2D eigenvalue weighted by molar-refractivity contribution is -0.180. The van der Waals surface area contributed by atoms with Crippen LogP contribution in [0.1, 0.15) is 81.4 Å². The Labute approximate surface area is 231 Å². The minimum Gasteiger partial charge on any atom is -0.383 e. The van der Waals surface area contributed by atoms with Gasteiger partial charge < -0.3 is 4.74 Å². The van der Waals surface area contributed by atoms with Crippen LogP contribution in [0.3, 0.4) is 0 Å². The zero-order valence-electron chi connectivity index (χ0n) is 23.6. The van der Waals surface area contributed by atoms with Crippen LogP contribution in [0.2, 0.25) is 0 Å². The van der Waals surface area contributed by atoms with Gasteiger partial charge in [-0.25, -0.2) is 12.7 Å². The topological polar surface area (TPSA) is 67.7 Å². The second-order valence-electron chi connectivity index (χ2n) is 12.4. The summed E-state index contributed by atoms with van der Waals surface area (Å²) in [6.45, 7) is 4.24. The number of rotatable bonds is 6. The van der Waals surface area contributed by atoms with Crippen LogP contribution in [-0.4, -0.2) is 84.3 Å². The lowest BCUT2D eigenvalue weighted by Crippen LogP contribution is -2.71. The van der Waals surface area contributed by atoms with Crippen molar-refractivity contribution in [2.45, 2.75) is 101 Å². The first-order valence-electron chi connectivity index (χ1n) is 14.8. The minimum atomic E-state index is -4.49. The Morgan fingerprint density at radius 3 is 2.36 bits per heavy atom. The number of alkyl halides is 3. The molecule has 2 aliphatic heterocycles. The maximum Gasteiger partial charge on any atom is 0.393 e. The molecule has 1 aromatic heterocycles. The Balaban J connectivity index is 1.34. The molecular formula is C28H45F3N4O3S. The Bertz CT molecular complexity index is 1090. The van der Waals surface area contributed by atoms with Crippen LogP contribution >= 0.6 is 0 Å². The number of aryl methyl sites for hydroxylation is 1. The van der Waals surface area contributed by atoms with E-state index >= 15 is 0 Å². The number of hydrogen-bond acceptors (Lipinski definition) is 5. The van der Waals surface area contributed by atoms with E-state index in [0.29, 0.717) is 56.7 Å². The standard InChI is InChI=1S/C28H45F3N4O3S/c1-19-22(16-32-33(19)2)20-10-12-21(13-11-20)27-24-17-34(14-6-7-15-35(24)25(27)18-38-3)39(36,37)26-9-5-4-8-23(26)28(29,30)31/h16,20-21,23-27H,4-15,17-18H2,1-3H3/t20?,21?,23?,24?,25-,26?,27+/m1/s1. The first-order chi connectivity index (χ1) is 18.5. The molecule has 0 aromatic carbocycles. The molecule has 4 fully saturated rings. The number of aromatic nitrogens is 2. The zero-order valence-corrected chi connectivity index (χ0v) is 24.4. The molecule has 11 heteroatoms. The van der Waals surface area contributed by atoms with Crippen LogP contribution in [0, 0.1) is 24.7 Å². The van der Waals surface area contributed by atoms with Gasteiger partial charge in [0.05, 0.1) is 24.0 Å². The van der Waals surface area contributed by atoms with E-state index in [4.69, 9.17) is 4.74 Å². The lowest BCUT2D eigenvalue weighted by Gasteiger charge is -2.60. The van der Waals surface area contributed by atoms with E-state index in [9.17, 15) is 21.6 Å². The second kappa shape index (κ2) is 11.6. The molecule has 2 saturated heterocycles. The number of fused-ring (bicyclic) bond motifs is 1. The molecular weight excluding hydrogens is 529 g/mol. The Hall–Kier alpha value is -1.17. The van der Waals surface area contributed by atoms with Crippen molar-refractivity contribution in [3.05, 3.63) is 17.5 Å². The van der Waals surface area contributed by atoms with Crippen LogP contribution in [0.4, 0.5) is 13.2 Å². The molecule has 1 aromatic rings. The molecule has 0 bridgehead atoms. The minimum absolute atomic E-state index is 0.0369. The van der Waals surface area contributed by atoms with Crippen molar-refractivity contribution in [2.75, 3.05) is 33.4 Å². The fraction of sp³-hybridized carbons (Fsp3) is 0.893. The highest BCUT2D eigenvalue weighted by molar-refractivity contribution is 7.89. The number of ether oxygens (including phenoxy) is 1. The van der Waals surface area contributed by atoms with E-state index in [2.05, 4.69) is 16.9 Å². The average molecular weight is 575 g/mol. The Kier molecular flexibility index (Phi) is 8.73. The van der Waals surface area contributed by atoms with Gasteiger partial charge in [0.1, 0.15) is 0 Å². The molecule has 2 saturated carbocycles. The van der Waals surface area contributed by atoms with Crippen molar-refractivity contribution in [3.8, 4) is 0 Å². The summed E-state index contributed by atoms with van der Waals surface area (Å²) in [7, 11) is -0.375. The number of nitrogens with zero attached hydrogens (tertiary/aromatic N) is 4. The number of methoxy groups -OCH3 is 1. The van der Waals surface area contributed by atoms with Gasteiger partial charge in [0.2, 0.25) is 10.0 Å². The van der Waals surface area contributed by atoms with Gasteiger partial charge in [0, 0.05) is 45.0 Å². The highest BCUT2D eigenvalue weighted by Crippen LogP contribution is 2.49. The van der Waals surface area contributed by atoms with Gasteiger partial charge in [-0.05, 0) is 88.2 Å². The number of halogens is 3. The molecule has 3 unspecified atom stereocenters. The predicted octanol–water partition coefficient (Wildman–Crippen LogP) is 4.86. The van der Waals surface area contributed by atoms with Crippen LogP contribution in [0.15, 0.2) is 6.20 Å². The van der Waals surface area contributed by atoms with Gasteiger partial charge in [-0.15, -0.1) is 0 Å². The van der Waals surface area contributed by atoms with Crippen molar-refractivity contribution in [3.63, 3.8) is 0 Å². The molecule has 4 aliphatic rings. The summed E-state index contributed by atoms with van der Waals surface area (Å²) in [4.78, 5) is 2.40. The van der Waals surface area contributed by atoms with Crippen molar-refractivity contribution in [2.24, 2.45) is 24.8 Å². The third-order valence-corrected chi connectivity index (χ3v) is 12.8. The third kappa shape index (κ3) is 5.66. The molecule has 0 N–H and O–H groups in total. The lowest BCUT2D eigenvalue weighted by atomic mass is 9.64. The maximum absolute atomic E-state index is 13.9. The quantitative estimate of drug-likeness (QED) is 0.485. The average Bonchev–Trinajstić information content (AvgIpc) is 3.22. The summed E-state index contributed by atoms with van der Waals surface area (Å²) >= 11 is 0. The van der Waals surface area contributed by atoms with Gasteiger partial charge in [0.25, 0.3) is 0 Å². The van der Waals surface area contributed by atoms with Gasteiger partial charge in [-0.1, -0.05) is 12.8 Å². The highest BCUT2D eigenvalue weighted by atomic mass is 32.2. The van der Waals surface area contributed by atoms with Crippen molar-refractivity contribution < 1.29 is 26.3 Å². The van der Waals surface area contributed by atoms with E-state index in [1.165, 1.54) is 15.6 Å². The van der Waals surface area contributed by atoms with E-state index < -0.39 is 27.4 Å². The molecule has 222 valence electrons. The summed E-state index contributed by atoms with van der Waals surface area (Å²) in [5, 5.41) is 3.08. The molecule has 0 amide bonds. The Morgan fingerprint density at radius 1 is 1.03 bits per heavy atom. The third-order valence-electron chi connectivity index (χ3n) is 10.4. The molecule has 3 heterocycles. The van der Waals surface area contributed by atoms with E-state index in [1.807, 2.05) is 17.9 Å². The summed E-state index contributed by atoms with van der Waals surface area (Å²) < 4.78 is 78.4. The largest absolute Gasteiger partial charge is 0.393 e. The van der Waals surface area contributed by atoms with Gasteiger partial charge >= 0.3 is 6.18 Å². The van der Waals surface area contributed by atoms with Crippen LogP contribution in [-0.2, 0) is 21.8 Å². The second-order valence-corrected chi connectivity index (χ2v) is 14.6. The molecule has 0 radical (unpaired) electrons. The van der Waals surface area contributed by atoms with Crippen LogP contribution < -0.4 is 0 Å². The van der Waals surface area contributed by atoms with Crippen LogP contribution in [0.25, 0.3) is 0 Å². The fourth-order valence-corrected chi connectivity index (χ4v) is 10.6. The van der Waals surface area contributed by atoms with E-state index in [-0.39, 0.29) is 24.9 Å². The smallest absolute Gasteiger partial charge is 0.383 e. The fourth-order valence-electron chi connectivity index (χ4n) is 8.27. The van der Waals surface area contributed by atoms with Crippen molar-refractivity contribution >= 4 is 10.0 Å². The molecule has 5 rings (SSSR count). The molecule has 2 aliphatic carbocycles. The van der Waals surface area contributed by atoms with E-state index in [1.54, 1.807) is 7.11 Å². The highest BCUT2D eigenvalue weighted by Gasteiger charge is 2.56. The SMILES string of the molecule is COC[C@@H]1[C@@H](C2CCC(c3cnn(C)c3C)CC2)C2CN(S(=O)(=O)C3CCCCC3C(F)(F)F)CCCCN21. The zero-order chi connectivity index (χ0) is 27.9. The van der Waals surface area contributed by atoms with Crippen molar-refractivity contribution in [1.82, 2.24) is 19.0 Å². The summed E-state index contributed by atoms with van der Waals surface area (Å²) in [5.41, 5.74) is 2.54. The van der Waals surface area contributed by atoms with E-state index in [0.717, 1.165) is 38.6 Å².